The number of nitrogens with zero attached hydrogens (tertiary/aromatic N) is 1. The summed E-state index contributed by atoms with van der Waals surface area (Å²) in [6.07, 6.45) is 3.89. The van der Waals surface area contributed by atoms with Crippen LogP contribution in [0.1, 0.15) is 49.9 Å². The third-order valence-corrected chi connectivity index (χ3v) is 5.23. The minimum atomic E-state index is -0.00509. The monoisotopic (exact) mass is 397 g/mol. The van der Waals surface area contributed by atoms with Gasteiger partial charge >= 0.3 is 0 Å². The Morgan fingerprint density at radius 1 is 1.00 bits per heavy atom. The van der Waals surface area contributed by atoms with Gasteiger partial charge < -0.3 is 9.47 Å². The molecule has 1 fully saturated rings. The van der Waals surface area contributed by atoms with Crippen LogP contribution in [0.25, 0.3) is 4.85 Å². The van der Waals surface area contributed by atoms with Gasteiger partial charge in [0.05, 0.1) is 23.8 Å². The molecule has 0 N–H and O–H groups in total. The normalized spacial score (nSPS) is 19.1. The quantitative estimate of drug-likeness (QED) is 0.412. The highest BCUT2D eigenvalue weighted by Crippen LogP contribution is 2.32. The topological polar surface area (TPSA) is 39.9 Å². The average molecular weight is 398 g/mol. The molecule has 1 aliphatic rings. The zero-order valence-corrected chi connectivity index (χ0v) is 16.9. The van der Waals surface area contributed by atoms with E-state index in [4.69, 9.17) is 27.6 Å². The van der Waals surface area contributed by atoms with Gasteiger partial charge in [0.2, 0.25) is 5.69 Å². The van der Waals surface area contributed by atoms with E-state index in [0.717, 1.165) is 37.0 Å². The van der Waals surface area contributed by atoms with E-state index >= 15 is 0 Å². The summed E-state index contributed by atoms with van der Waals surface area (Å²) in [7, 11) is 0. The molecule has 3 rings (SSSR count). The van der Waals surface area contributed by atoms with Crippen molar-refractivity contribution >= 4 is 23.1 Å². The smallest absolute Gasteiger partial charge is 0.205 e. The maximum Gasteiger partial charge on any atom is 0.205 e. The van der Waals surface area contributed by atoms with Crippen molar-refractivity contribution in [1.82, 2.24) is 0 Å². The van der Waals surface area contributed by atoms with Gasteiger partial charge in [-0.05, 0) is 62.1 Å². The summed E-state index contributed by atoms with van der Waals surface area (Å²) in [5, 5.41) is 0.420. The van der Waals surface area contributed by atoms with Crippen LogP contribution in [0.15, 0.2) is 42.5 Å². The standard InChI is InChI=1S/C23H24ClNO3/c1-15(2)23(26)16-4-6-17(7-5-16)27-18-8-10-19(11-9-18)28-20-12-13-22(25-3)21(24)14-20/h4-7,12-15,18-19H,8-11H2,1-2H3. The minimum Gasteiger partial charge on any atom is -0.490 e. The summed E-state index contributed by atoms with van der Waals surface area (Å²) in [5.74, 6) is 1.64. The molecule has 5 heteroatoms. The number of Topliss-reactive ketones (excluding diaryl/α,β-unsaturated/α-hetero) is 1. The number of hydrogen-bond acceptors (Lipinski definition) is 3. The molecule has 2 aromatic rings. The van der Waals surface area contributed by atoms with Crippen LogP contribution < -0.4 is 9.47 Å². The third kappa shape index (κ3) is 5.05. The molecule has 0 atom stereocenters. The first-order chi connectivity index (χ1) is 13.5. The number of rotatable bonds is 6. The van der Waals surface area contributed by atoms with Gasteiger partial charge in [-0.25, -0.2) is 4.85 Å². The molecule has 146 valence electrons. The second-order valence-electron chi connectivity index (χ2n) is 7.40. The molecule has 1 aliphatic carbocycles. The second-order valence-corrected chi connectivity index (χ2v) is 7.81. The van der Waals surface area contributed by atoms with E-state index in [1.807, 2.05) is 38.1 Å². The Hall–Kier alpha value is -2.51. The Morgan fingerprint density at radius 3 is 2.04 bits per heavy atom. The maximum absolute atomic E-state index is 12.0. The van der Waals surface area contributed by atoms with Crippen molar-refractivity contribution in [2.75, 3.05) is 0 Å². The number of ether oxygens (including phenoxy) is 2. The number of carbonyl (C=O) groups is 1. The van der Waals surface area contributed by atoms with Crippen molar-refractivity contribution in [3.8, 4) is 11.5 Å². The highest BCUT2D eigenvalue weighted by molar-refractivity contribution is 6.33. The summed E-state index contributed by atoms with van der Waals surface area (Å²) >= 11 is 6.07. The predicted molar refractivity (Wildman–Crippen MR) is 111 cm³/mol. The van der Waals surface area contributed by atoms with Gasteiger partial charge in [0, 0.05) is 11.5 Å². The number of ketones is 1. The third-order valence-electron chi connectivity index (χ3n) is 4.93. The molecule has 0 radical (unpaired) electrons. The lowest BCUT2D eigenvalue weighted by Gasteiger charge is -2.29. The lowest BCUT2D eigenvalue weighted by Crippen LogP contribution is -2.30. The molecule has 0 bridgehead atoms. The van der Waals surface area contributed by atoms with Gasteiger partial charge in [-0.1, -0.05) is 31.5 Å². The summed E-state index contributed by atoms with van der Waals surface area (Å²) in [6, 6.07) is 12.6. The first kappa shape index (κ1) is 20.2. The highest BCUT2D eigenvalue weighted by atomic mass is 35.5. The van der Waals surface area contributed by atoms with Gasteiger partial charge in [0.15, 0.2) is 5.78 Å². The fourth-order valence-electron chi connectivity index (χ4n) is 3.34. The van der Waals surface area contributed by atoms with Crippen molar-refractivity contribution in [1.29, 1.82) is 0 Å². The van der Waals surface area contributed by atoms with Gasteiger partial charge in [0.1, 0.15) is 11.5 Å². The van der Waals surface area contributed by atoms with Crippen LogP contribution in [0.5, 0.6) is 11.5 Å². The summed E-state index contributed by atoms with van der Waals surface area (Å²) in [4.78, 5) is 15.4. The Balaban J connectivity index is 1.49. The minimum absolute atomic E-state index is 0.00509. The number of benzene rings is 2. The van der Waals surface area contributed by atoms with Crippen molar-refractivity contribution < 1.29 is 14.3 Å². The predicted octanol–water partition coefficient (Wildman–Crippen LogP) is 6.50. The molecule has 0 saturated heterocycles. The van der Waals surface area contributed by atoms with Gasteiger partial charge in [0.25, 0.3) is 0 Å². The Bertz CT molecular complexity index is 862. The molecular weight excluding hydrogens is 374 g/mol. The van der Waals surface area contributed by atoms with Gasteiger partial charge in [-0.3, -0.25) is 4.79 Å². The zero-order valence-electron chi connectivity index (χ0n) is 16.2. The van der Waals surface area contributed by atoms with E-state index in [1.54, 1.807) is 18.2 Å². The molecule has 0 heterocycles. The number of carbonyl (C=O) groups excluding carboxylic acids is 1. The molecule has 0 unspecified atom stereocenters. The van der Waals surface area contributed by atoms with Crippen LogP contribution in [0.2, 0.25) is 5.02 Å². The first-order valence-electron chi connectivity index (χ1n) is 9.61. The van der Waals surface area contributed by atoms with E-state index in [9.17, 15) is 4.79 Å². The lowest BCUT2D eigenvalue weighted by atomic mass is 9.94. The van der Waals surface area contributed by atoms with Crippen LogP contribution in [-0.4, -0.2) is 18.0 Å². The Morgan fingerprint density at radius 2 is 1.54 bits per heavy atom. The largest absolute Gasteiger partial charge is 0.490 e. The number of halogens is 1. The average Bonchev–Trinajstić information content (AvgIpc) is 2.69. The van der Waals surface area contributed by atoms with Crippen LogP contribution in [0.3, 0.4) is 0 Å². The van der Waals surface area contributed by atoms with E-state index in [0.29, 0.717) is 16.5 Å². The van der Waals surface area contributed by atoms with Gasteiger partial charge in [-0.2, -0.15) is 0 Å². The number of hydrogen-bond donors (Lipinski definition) is 0. The summed E-state index contributed by atoms with van der Waals surface area (Å²) in [6.45, 7) is 10.8. The van der Waals surface area contributed by atoms with Crippen LogP contribution in [0, 0.1) is 12.5 Å². The SMILES string of the molecule is [C-]#[N+]c1ccc(OC2CCC(Oc3ccc(C(=O)C(C)C)cc3)CC2)cc1Cl. The fourth-order valence-corrected chi connectivity index (χ4v) is 3.55. The maximum atomic E-state index is 12.0. The molecular formula is C23H24ClNO3. The van der Waals surface area contributed by atoms with E-state index in [1.165, 1.54) is 0 Å². The van der Waals surface area contributed by atoms with E-state index in [-0.39, 0.29) is 23.9 Å². The Kier molecular flexibility index (Phi) is 6.59. The molecule has 1 saturated carbocycles. The fraction of sp³-hybridized carbons (Fsp3) is 0.391. The van der Waals surface area contributed by atoms with Crippen molar-refractivity contribution in [3.05, 3.63) is 64.5 Å². The lowest BCUT2D eigenvalue weighted by molar-refractivity contribution is 0.0806. The molecule has 0 aliphatic heterocycles. The molecule has 0 aromatic heterocycles. The van der Waals surface area contributed by atoms with Gasteiger partial charge in [-0.15, -0.1) is 0 Å². The first-order valence-corrected chi connectivity index (χ1v) is 9.98. The molecule has 2 aromatic carbocycles. The molecule has 4 nitrogen and oxygen atoms in total. The summed E-state index contributed by atoms with van der Waals surface area (Å²) < 4.78 is 12.1. The van der Waals surface area contributed by atoms with E-state index < -0.39 is 0 Å². The molecule has 0 spiro atoms. The molecule has 0 amide bonds. The second kappa shape index (κ2) is 9.12. The summed E-state index contributed by atoms with van der Waals surface area (Å²) in [5.41, 5.74) is 1.16. The van der Waals surface area contributed by atoms with E-state index in [2.05, 4.69) is 4.85 Å². The Labute approximate surface area is 171 Å². The van der Waals surface area contributed by atoms with Crippen LogP contribution >= 0.6 is 11.6 Å². The van der Waals surface area contributed by atoms with Crippen LogP contribution in [0.4, 0.5) is 5.69 Å². The zero-order chi connectivity index (χ0) is 20.1. The van der Waals surface area contributed by atoms with Crippen molar-refractivity contribution in [2.24, 2.45) is 5.92 Å². The van der Waals surface area contributed by atoms with Crippen molar-refractivity contribution in [3.63, 3.8) is 0 Å². The van der Waals surface area contributed by atoms with Crippen molar-refractivity contribution in [2.45, 2.75) is 51.7 Å². The highest BCUT2D eigenvalue weighted by Gasteiger charge is 2.24. The molecule has 28 heavy (non-hydrogen) atoms. The van der Waals surface area contributed by atoms with Crippen LogP contribution in [-0.2, 0) is 0 Å².